The molecule has 3 aromatic rings. The number of aromatic nitrogens is 5. The largest absolute Gasteiger partial charge is 0.333 e. The van der Waals surface area contributed by atoms with Crippen molar-refractivity contribution in [3.05, 3.63) is 61.6 Å². The van der Waals surface area contributed by atoms with Gasteiger partial charge in [0, 0.05) is 29.9 Å². The molecule has 1 atom stereocenters. The summed E-state index contributed by atoms with van der Waals surface area (Å²) < 4.78 is 2.63. The number of carbonyl (C=O) groups is 1. The molecule has 4 heterocycles. The molecular formula is C20H24N6O3. The summed E-state index contributed by atoms with van der Waals surface area (Å²) in [6.45, 7) is 5.84. The fourth-order valence-electron chi connectivity index (χ4n) is 3.84. The third kappa shape index (κ3) is 3.48. The lowest BCUT2D eigenvalue weighted by Gasteiger charge is -2.35. The molecule has 1 saturated heterocycles. The molecular weight excluding hydrogens is 372 g/mol. The number of hydrogen-bond acceptors (Lipinski definition) is 5. The van der Waals surface area contributed by atoms with Crippen molar-refractivity contribution in [3.63, 3.8) is 0 Å². The molecule has 0 spiro atoms. The average molecular weight is 396 g/mol. The first-order valence-electron chi connectivity index (χ1n) is 9.78. The summed E-state index contributed by atoms with van der Waals surface area (Å²) >= 11 is 0. The second kappa shape index (κ2) is 7.31. The van der Waals surface area contributed by atoms with Gasteiger partial charge < -0.3 is 4.90 Å². The van der Waals surface area contributed by atoms with Crippen LogP contribution in [0.3, 0.4) is 0 Å². The van der Waals surface area contributed by atoms with Crippen LogP contribution in [-0.2, 0) is 11.3 Å². The Labute approximate surface area is 167 Å². The molecule has 1 aliphatic rings. The first-order chi connectivity index (χ1) is 13.8. The van der Waals surface area contributed by atoms with E-state index in [9.17, 15) is 14.4 Å². The second-order valence-corrected chi connectivity index (χ2v) is 7.60. The van der Waals surface area contributed by atoms with E-state index in [4.69, 9.17) is 0 Å². The van der Waals surface area contributed by atoms with Gasteiger partial charge in [-0.1, -0.05) is 0 Å². The number of piperidine rings is 1. The van der Waals surface area contributed by atoms with Gasteiger partial charge in [-0.3, -0.25) is 19.5 Å². The maximum absolute atomic E-state index is 13.0. The molecule has 0 aromatic carbocycles. The summed E-state index contributed by atoms with van der Waals surface area (Å²) in [5.41, 5.74) is 2.85. The van der Waals surface area contributed by atoms with E-state index >= 15 is 0 Å². The number of hydrogen-bond donors (Lipinski definition) is 1. The predicted octanol–water partition coefficient (Wildman–Crippen LogP) is 1.26. The number of carbonyl (C=O) groups excluding carboxylic acids is 1. The summed E-state index contributed by atoms with van der Waals surface area (Å²) in [5, 5.41) is 7.30. The molecule has 152 valence electrons. The van der Waals surface area contributed by atoms with Gasteiger partial charge in [-0.25, -0.2) is 14.2 Å². The van der Waals surface area contributed by atoms with Crippen LogP contribution in [0, 0.1) is 20.8 Å². The zero-order chi connectivity index (χ0) is 20.7. The Morgan fingerprint density at radius 3 is 2.79 bits per heavy atom. The number of nitrogens with zero attached hydrogens (tertiary/aromatic N) is 5. The van der Waals surface area contributed by atoms with Crippen molar-refractivity contribution >= 4 is 11.6 Å². The van der Waals surface area contributed by atoms with Gasteiger partial charge in [-0.15, -0.1) is 0 Å². The summed E-state index contributed by atoms with van der Waals surface area (Å²) in [6, 6.07) is 4.69. The third-order valence-electron chi connectivity index (χ3n) is 5.57. The van der Waals surface area contributed by atoms with Crippen molar-refractivity contribution in [2.24, 2.45) is 0 Å². The van der Waals surface area contributed by atoms with Crippen LogP contribution < -0.4 is 11.1 Å². The van der Waals surface area contributed by atoms with Gasteiger partial charge in [-0.05, 0) is 46.1 Å². The minimum atomic E-state index is -0.301. The minimum absolute atomic E-state index is 0.104. The van der Waals surface area contributed by atoms with Gasteiger partial charge in [0.1, 0.15) is 6.54 Å². The highest BCUT2D eigenvalue weighted by molar-refractivity contribution is 5.76. The predicted molar refractivity (Wildman–Crippen MR) is 107 cm³/mol. The maximum atomic E-state index is 13.0. The molecule has 9 nitrogen and oxygen atoms in total. The standard InChI is InChI=1S/C20H24N6O3/c1-12-7-8-18(27)25(22-12)11-19(28)24-9-5-4-6-16(24)15-10-17-21-14(3)13(2)20(29)26(17)23-15/h7-8,10,16,23H,4-6,9,11H2,1-3H3. The lowest BCUT2D eigenvalue weighted by Crippen LogP contribution is -2.42. The number of aromatic amines is 1. The Kier molecular flexibility index (Phi) is 4.81. The molecule has 3 aromatic heterocycles. The highest BCUT2D eigenvalue weighted by Gasteiger charge is 2.30. The molecule has 4 rings (SSSR count). The average Bonchev–Trinajstić information content (AvgIpc) is 3.13. The SMILES string of the molecule is Cc1ccc(=O)n(CC(=O)N2CCCCC2c2cc3nc(C)c(C)c(=O)n3[nH]2)n1. The van der Waals surface area contributed by atoms with E-state index in [-0.39, 0.29) is 29.6 Å². The number of likely N-dealkylation sites (tertiary alicyclic amines) is 1. The molecule has 0 aliphatic carbocycles. The summed E-state index contributed by atoms with van der Waals surface area (Å²) in [5.74, 6) is -0.166. The van der Waals surface area contributed by atoms with Crippen molar-refractivity contribution in [1.82, 2.24) is 29.3 Å². The van der Waals surface area contributed by atoms with Crippen molar-refractivity contribution < 1.29 is 4.79 Å². The highest BCUT2D eigenvalue weighted by atomic mass is 16.2. The third-order valence-corrected chi connectivity index (χ3v) is 5.57. The molecule has 0 saturated carbocycles. The van der Waals surface area contributed by atoms with Crippen molar-refractivity contribution in [2.45, 2.75) is 52.6 Å². The first kappa shape index (κ1) is 19.1. The van der Waals surface area contributed by atoms with Crippen LogP contribution in [0.2, 0.25) is 0 Å². The normalized spacial score (nSPS) is 17.1. The highest BCUT2D eigenvalue weighted by Crippen LogP contribution is 2.30. The van der Waals surface area contributed by atoms with Crippen LogP contribution in [0.15, 0.2) is 27.8 Å². The lowest BCUT2D eigenvalue weighted by atomic mass is 9.99. The molecule has 9 heteroatoms. The zero-order valence-electron chi connectivity index (χ0n) is 16.8. The number of fused-ring (bicyclic) bond motifs is 1. The van der Waals surface area contributed by atoms with Gasteiger partial charge in [0.2, 0.25) is 5.91 Å². The quantitative estimate of drug-likeness (QED) is 0.717. The number of nitrogens with one attached hydrogen (secondary N) is 1. The van der Waals surface area contributed by atoms with Crippen LogP contribution in [0.5, 0.6) is 0 Å². The molecule has 1 amide bonds. The van der Waals surface area contributed by atoms with Crippen molar-refractivity contribution in [2.75, 3.05) is 6.54 Å². The fraction of sp³-hybridized carbons (Fsp3) is 0.450. The maximum Gasteiger partial charge on any atom is 0.275 e. The van der Waals surface area contributed by atoms with Gasteiger partial charge in [0.25, 0.3) is 11.1 Å². The zero-order valence-corrected chi connectivity index (χ0v) is 16.8. The minimum Gasteiger partial charge on any atom is -0.333 e. The Morgan fingerprint density at radius 1 is 1.21 bits per heavy atom. The topological polar surface area (TPSA) is 105 Å². The molecule has 1 aliphatic heterocycles. The van der Waals surface area contributed by atoms with Crippen molar-refractivity contribution in [3.8, 4) is 0 Å². The summed E-state index contributed by atoms with van der Waals surface area (Å²) in [6.07, 6.45) is 2.66. The first-order valence-corrected chi connectivity index (χ1v) is 9.78. The number of rotatable bonds is 3. The lowest BCUT2D eigenvalue weighted by molar-refractivity contribution is -0.136. The van der Waals surface area contributed by atoms with Gasteiger partial charge >= 0.3 is 0 Å². The molecule has 1 unspecified atom stereocenters. The second-order valence-electron chi connectivity index (χ2n) is 7.60. The van der Waals surface area contributed by atoms with Gasteiger partial charge in [-0.2, -0.15) is 5.10 Å². The summed E-state index contributed by atoms with van der Waals surface area (Å²) in [4.78, 5) is 43.9. The number of amides is 1. The Bertz CT molecular complexity index is 1210. The molecule has 0 bridgehead atoms. The van der Waals surface area contributed by atoms with Crippen LogP contribution in [0.25, 0.3) is 5.65 Å². The van der Waals surface area contributed by atoms with Crippen LogP contribution in [0.1, 0.15) is 47.9 Å². The number of aryl methyl sites for hydroxylation is 2. The number of H-pyrrole nitrogens is 1. The fourth-order valence-corrected chi connectivity index (χ4v) is 3.84. The molecule has 29 heavy (non-hydrogen) atoms. The molecule has 1 N–H and O–H groups in total. The van der Waals surface area contributed by atoms with Crippen molar-refractivity contribution in [1.29, 1.82) is 0 Å². The van der Waals surface area contributed by atoms with E-state index in [1.54, 1.807) is 24.8 Å². The Morgan fingerprint density at radius 2 is 2.00 bits per heavy atom. The van der Waals surface area contributed by atoms with Crippen LogP contribution in [-0.4, -0.2) is 41.7 Å². The van der Waals surface area contributed by atoms with Crippen LogP contribution >= 0.6 is 0 Å². The van der Waals surface area contributed by atoms with Crippen LogP contribution in [0.4, 0.5) is 0 Å². The van der Waals surface area contributed by atoms with E-state index in [1.165, 1.54) is 15.3 Å². The monoisotopic (exact) mass is 396 g/mol. The van der Waals surface area contributed by atoms with E-state index in [1.807, 2.05) is 13.0 Å². The van der Waals surface area contributed by atoms with Gasteiger partial charge in [0.15, 0.2) is 5.65 Å². The Balaban J connectivity index is 1.67. The van der Waals surface area contributed by atoms with E-state index < -0.39 is 0 Å². The van der Waals surface area contributed by atoms with E-state index in [0.29, 0.717) is 29.1 Å². The van der Waals surface area contributed by atoms with E-state index in [2.05, 4.69) is 15.2 Å². The summed E-state index contributed by atoms with van der Waals surface area (Å²) in [7, 11) is 0. The molecule has 0 radical (unpaired) electrons. The molecule has 1 fully saturated rings. The van der Waals surface area contributed by atoms with Gasteiger partial charge in [0.05, 0.1) is 17.4 Å². The van der Waals surface area contributed by atoms with E-state index in [0.717, 1.165) is 25.0 Å². The smallest absolute Gasteiger partial charge is 0.275 e. The Hall–Kier alpha value is -3.23.